The summed E-state index contributed by atoms with van der Waals surface area (Å²) in [5.74, 6) is 0. The number of nitro groups is 1. The fourth-order valence-electron chi connectivity index (χ4n) is 3.77. The van der Waals surface area contributed by atoms with Crippen molar-refractivity contribution in [3.8, 4) is 11.3 Å². The molecular weight excluding hydrogens is 374 g/mol. The molecule has 4 rings (SSSR count). The van der Waals surface area contributed by atoms with Crippen molar-refractivity contribution in [2.24, 2.45) is 0 Å². The van der Waals surface area contributed by atoms with Crippen molar-refractivity contribution >= 4 is 22.1 Å². The van der Waals surface area contributed by atoms with Gasteiger partial charge in [0.15, 0.2) is 0 Å². The predicted octanol–water partition coefficient (Wildman–Crippen LogP) is 1.61. The van der Waals surface area contributed by atoms with Gasteiger partial charge in [-0.25, -0.2) is 5.10 Å². The first-order valence-electron chi connectivity index (χ1n) is 9.43. The molecule has 0 aliphatic carbocycles. The minimum Gasteiger partial charge on any atom is -0.395 e. The summed E-state index contributed by atoms with van der Waals surface area (Å²) in [5.41, 5.74) is 1.36. The number of aromatic amines is 1. The average Bonchev–Trinajstić information content (AvgIpc) is 2.75. The van der Waals surface area contributed by atoms with Crippen molar-refractivity contribution in [3.63, 3.8) is 0 Å². The Balaban J connectivity index is 1.72. The predicted molar refractivity (Wildman–Crippen MR) is 110 cm³/mol. The molecule has 9 nitrogen and oxygen atoms in total. The van der Waals surface area contributed by atoms with Gasteiger partial charge in [-0.05, 0) is 12.1 Å². The summed E-state index contributed by atoms with van der Waals surface area (Å²) in [6.07, 6.45) is 0. The Morgan fingerprint density at radius 2 is 1.83 bits per heavy atom. The molecule has 9 heteroatoms. The summed E-state index contributed by atoms with van der Waals surface area (Å²) in [7, 11) is 0. The van der Waals surface area contributed by atoms with Gasteiger partial charge in [0, 0.05) is 49.7 Å². The van der Waals surface area contributed by atoms with Gasteiger partial charge < -0.3 is 10.0 Å². The van der Waals surface area contributed by atoms with Crippen LogP contribution in [0.2, 0.25) is 0 Å². The largest absolute Gasteiger partial charge is 0.395 e. The summed E-state index contributed by atoms with van der Waals surface area (Å²) in [5, 5.41) is 28.6. The summed E-state index contributed by atoms with van der Waals surface area (Å²) in [6.45, 7) is 3.51. The molecule has 0 unspecified atom stereocenters. The monoisotopic (exact) mass is 395 g/mol. The van der Waals surface area contributed by atoms with Gasteiger partial charge in [0.2, 0.25) is 0 Å². The SMILES string of the molecule is O=c1[nH]nc(-c2ccc(N3CCN(CCO)CC3)c([N+](=O)[O-])c2)c2ccccc12. The number of aromatic nitrogens is 2. The van der Waals surface area contributed by atoms with Crippen LogP contribution >= 0.6 is 0 Å². The molecule has 0 atom stereocenters. The van der Waals surface area contributed by atoms with Crippen LogP contribution in [-0.4, -0.2) is 64.5 Å². The number of nitrogens with one attached hydrogen (secondary N) is 1. The maximum absolute atomic E-state index is 12.0. The van der Waals surface area contributed by atoms with E-state index in [2.05, 4.69) is 15.1 Å². The normalized spacial score (nSPS) is 15.0. The number of benzene rings is 2. The summed E-state index contributed by atoms with van der Waals surface area (Å²) >= 11 is 0. The van der Waals surface area contributed by atoms with E-state index >= 15 is 0 Å². The van der Waals surface area contributed by atoms with Gasteiger partial charge >= 0.3 is 0 Å². The third-order valence-electron chi connectivity index (χ3n) is 5.27. The second-order valence-electron chi connectivity index (χ2n) is 6.96. The van der Waals surface area contributed by atoms with Crippen molar-refractivity contribution < 1.29 is 10.0 Å². The molecule has 0 radical (unpaired) electrons. The van der Waals surface area contributed by atoms with Crippen LogP contribution in [0.15, 0.2) is 47.3 Å². The minimum absolute atomic E-state index is 0.00943. The number of piperazine rings is 1. The number of H-pyrrole nitrogens is 1. The molecular formula is C20H21N5O4. The van der Waals surface area contributed by atoms with Crippen LogP contribution in [0.25, 0.3) is 22.0 Å². The number of nitrogens with zero attached hydrogens (tertiary/aromatic N) is 4. The Morgan fingerprint density at radius 3 is 2.52 bits per heavy atom. The molecule has 150 valence electrons. The third kappa shape index (κ3) is 3.69. The molecule has 3 aromatic rings. The lowest BCUT2D eigenvalue weighted by Crippen LogP contribution is -2.47. The zero-order chi connectivity index (χ0) is 20.4. The molecule has 0 saturated carbocycles. The molecule has 2 aromatic carbocycles. The first-order valence-corrected chi connectivity index (χ1v) is 9.43. The highest BCUT2D eigenvalue weighted by molar-refractivity contribution is 5.94. The van der Waals surface area contributed by atoms with Gasteiger partial charge in [-0.2, -0.15) is 5.10 Å². The van der Waals surface area contributed by atoms with E-state index in [-0.39, 0.29) is 22.8 Å². The number of fused-ring (bicyclic) bond motifs is 1. The molecule has 1 aromatic heterocycles. The molecule has 1 aliphatic heterocycles. The molecule has 0 bridgehead atoms. The lowest BCUT2D eigenvalue weighted by Gasteiger charge is -2.35. The summed E-state index contributed by atoms with van der Waals surface area (Å²) < 4.78 is 0. The van der Waals surface area contributed by atoms with E-state index in [1.165, 1.54) is 6.07 Å². The number of hydrogen-bond donors (Lipinski definition) is 2. The van der Waals surface area contributed by atoms with E-state index in [1.54, 1.807) is 30.3 Å². The Kier molecular flexibility index (Phi) is 5.24. The van der Waals surface area contributed by atoms with Crippen molar-refractivity contribution in [2.75, 3.05) is 44.2 Å². The molecule has 2 heterocycles. The van der Waals surface area contributed by atoms with Crippen LogP contribution in [-0.2, 0) is 0 Å². The van der Waals surface area contributed by atoms with E-state index < -0.39 is 0 Å². The quantitative estimate of drug-likeness (QED) is 0.498. The van der Waals surface area contributed by atoms with Gasteiger partial charge in [0.05, 0.1) is 22.6 Å². The lowest BCUT2D eigenvalue weighted by atomic mass is 10.0. The number of nitro benzene ring substituents is 1. The Labute approximate surface area is 166 Å². The van der Waals surface area contributed by atoms with E-state index in [4.69, 9.17) is 5.11 Å². The van der Waals surface area contributed by atoms with Crippen molar-refractivity contribution in [1.29, 1.82) is 0 Å². The highest BCUT2D eigenvalue weighted by atomic mass is 16.6. The third-order valence-corrected chi connectivity index (χ3v) is 5.27. The highest BCUT2D eigenvalue weighted by Crippen LogP contribution is 2.34. The molecule has 1 saturated heterocycles. The van der Waals surface area contributed by atoms with Crippen LogP contribution in [0.4, 0.5) is 11.4 Å². The smallest absolute Gasteiger partial charge is 0.293 e. The molecule has 0 spiro atoms. The Bertz CT molecular complexity index is 1110. The van der Waals surface area contributed by atoms with Crippen molar-refractivity contribution in [3.05, 3.63) is 62.9 Å². The zero-order valence-electron chi connectivity index (χ0n) is 15.7. The van der Waals surface area contributed by atoms with E-state index in [0.717, 1.165) is 13.1 Å². The molecule has 2 N–H and O–H groups in total. The summed E-state index contributed by atoms with van der Waals surface area (Å²) in [6, 6.07) is 12.1. The number of hydrogen-bond acceptors (Lipinski definition) is 7. The van der Waals surface area contributed by atoms with Crippen LogP contribution in [0.5, 0.6) is 0 Å². The number of aliphatic hydroxyl groups excluding tert-OH is 1. The van der Waals surface area contributed by atoms with Crippen LogP contribution < -0.4 is 10.5 Å². The van der Waals surface area contributed by atoms with Gasteiger partial charge in [-0.3, -0.25) is 19.8 Å². The second-order valence-corrected chi connectivity index (χ2v) is 6.96. The minimum atomic E-state index is -0.382. The number of anilines is 1. The highest BCUT2D eigenvalue weighted by Gasteiger charge is 2.24. The van der Waals surface area contributed by atoms with Gasteiger partial charge in [0.1, 0.15) is 5.69 Å². The second kappa shape index (κ2) is 7.98. The van der Waals surface area contributed by atoms with E-state index in [0.29, 0.717) is 47.4 Å². The molecule has 1 fully saturated rings. The van der Waals surface area contributed by atoms with Crippen molar-refractivity contribution in [1.82, 2.24) is 15.1 Å². The molecule has 29 heavy (non-hydrogen) atoms. The number of aliphatic hydroxyl groups is 1. The van der Waals surface area contributed by atoms with Gasteiger partial charge in [-0.15, -0.1) is 0 Å². The Hall–Kier alpha value is -3.30. The van der Waals surface area contributed by atoms with Gasteiger partial charge in [-0.1, -0.05) is 24.3 Å². The maximum Gasteiger partial charge on any atom is 0.293 e. The summed E-state index contributed by atoms with van der Waals surface area (Å²) in [4.78, 5) is 27.6. The Morgan fingerprint density at radius 1 is 1.10 bits per heavy atom. The van der Waals surface area contributed by atoms with E-state index in [9.17, 15) is 14.9 Å². The first-order chi connectivity index (χ1) is 14.1. The van der Waals surface area contributed by atoms with Crippen molar-refractivity contribution in [2.45, 2.75) is 0 Å². The number of rotatable bonds is 5. The topological polar surface area (TPSA) is 116 Å². The lowest BCUT2D eigenvalue weighted by molar-refractivity contribution is -0.384. The average molecular weight is 395 g/mol. The van der Waals surface area contributed by atoms with Crippen LogP contribution in [0.3, 0.4) is 0 Å². The standard InChI is InChI=1S/C20H21N5O4/c26-12-11-23-7-9-24(10-8-23)17-6-5-14(13-18(17)25(28)29)19-15-3-1-2-4-16(15)20(27)22-21-19/h1-6,13,26H,7-12H2,(H,22,27). The first kappa shape index (κ1) is 19.0. The van der Waals surface area contributed by atoms with Gasteiger partial charge in [0.25, 0.3) is 11.2 Å². The maximum atomic E-state index is 12.0. The van der Waals surface area contributed by atoms with Crippen LogP contribution in [0.1, 0.15) is 0 Å². The van der Waals surface area contributed by atoms with E-state index in [1.807, 2.05) is 11.0 Å². The number of β-amino-alcohol motifs (C(OH)–C–C–N with tert-alkyl or cyclic N) is 1. The fourth-order valence-corrected chi connectivity index (χ4v) is 3.77. The van der Waals surface area contributed by atoms with Crippen LogP contribution in [0, 0.1) is 10.1 Å². The fraction of sp³-hybridized carbons (Fsp3) is 0.300. The zero-order valence-corrected chi connectivity index (χ0v) is 15.7. The molecule has 0 amide bonds. The molecule has 1 aliphatic rings.